The Morgan fingerprint density at radius 2 is 2.00 bits per heavy atom. The van der Waals surface area contributed by atoms with Gasteiger partial charge in [-0.25, -0.2) is 0 Å². The van der Waals surface area contributed by atoms with Gasteiger partial charge in [0.25, 0.3) is 0 Å². The van der Waals surface area contributed by atoms with Gasteiger partial charge < -0.3 is 0 Å². The van der Waals surface area contributed by atoms with Gasteiger partial charge in [0.1, 0.15) is 0 Å². The Morgan fingerprint density at radius 1 is 1.80 bits per heavy atom. The fourth-order valence-electron chi connectivity index (χ4n) is 0. The third-order valence-corrected chi connectivity index (χ3v) is 3.46. The molecule has 0 heterocycles. The SMILES string of the molecule is C/C([SiH3])=C/[SiH3]. The number of hydrogen-bond donors (Lipinski definition) is 0. The van der Waals surface area contributed by atoms with Crippen molar-refractivity contribution >= 4 is 20.5 Å². The minimum absolute atomic E-state index is 1.25. The second-order valence-electron chi connectivity index (χ2n) is 1.37. The summed E-state index contributed by atoms with van der Waals surface area (Å²) in [5.74, 6) is 0. The van der Waals surface area contributed by atoms with Crippen molar-refractivity contribution in [3.8, 4) is 0 Å². The van der Waals surface area contributed by atoms with Crippen LogP contribution in [0.1, 0.15) is 6.92 Å². The summed E-state index contributed by atoms with van der Waals surface area (Å²) in [6.07, 6.45) is 0. The van der Waals surface area contributed by atoms with E-state index < -0.39 is 0 Å². The van der Waals surface area contributed by atoms with Crippen molar-refractivity contribution in [2.75, 3.05) is 0 Å². The average molecular weight is 102 g/mol. The highest BCUT2D eigenvalue weighted by atomic mass is 28.2. The van der Waals surface area contributed by atoms with Crippen LogP contribution in [0.5, 0.6) is 0 Å². The summed E-state index contributed by atoms with van der Waals surface area (Å²) in [5, 5.41) is 1.58. The van der Waals surface area contributed by atoms with Crippen LogP contribution in [0.25, 0.3) is 0 Å². The summed E-state index contributed by atoms with van der Waals surface area (Å²) in [6, 6.07) is 0. The topological polar surface area (TPSA) is 0 Å². The highest BCUT2D eigenvalue weighted by Crippen LogP contribution is 1.72. The van der Waals surface area contributed by atoms with Crippen LogP contribution in [-0.4, -0.2) is 20.5 Å². The van der Waals surface area contributed by atoms with Gasteiger partial charge in [-0.15, -0.1) is 10.9 Å². The van der Waals surface area contributed by atoms with Gasteiger partial charge >= 0.3 is 0 Å². The van der Waals surface area contributed by atoms with Crippen molar-refractivity contribution < 1.29 is 0 Å². The molecule has 30 valence electrons. The Morgan fingerprint density at radius 3 is 2.00 bits per heavy atom. The maximum Gasteiger partial charge on any atom is 0.0319 e. The molecule has 0 aliphatic heterocycles. The van der Waals surface area contributed by atoms with E-state index in [1.807, 2.05) is 0 Å². The second kappa shape index (κ2) is 2.41. The van der Waals surface area contributed by atoms with Crippen LogP contribution in [0, 0.1) is 0 Å². The molecule has 0 atom stereocenters. The van der Waals surface area contributed by atoms with Crippen LogP contribution in [0.3, 0.4) is 0 Å². The van der Waals surface area contributed by atoms with Crippen molar-refractivity contribution in [1.29, 1.82) is 0 Å². The number of hydrogen-bond acceptors (Lipinski definition) is 0. The van der Waals surface area contributed by atoms with Crippen molar-refractivity contribution in [2.45, 2.75) is 6.92 Å². The Bertz CT molecular complexity index is 42.9. The fourth-order valence-corrected chi connectivity index (χ4v) is 0. The lowest BCUT2D eigenvalue weighted by Gasteiger charge is -1.73. The molecule has 0 aromatic carbocycles. The number of rotatable bonds is 0. The molecular formula is C3H10Si2. The predicted molar refractivity (Wildman–Crippen MR) is 33.6 cm³/mol. The minimum Gasteiger partial charge on any atom is -0.111 e. The standard InChI is InChI=1S/C3H10Si2/c1-3(5)2-4/h2H,1,4-5H3/b3-2-. The van der Waals surface area contributed by atoms with E-state index >= 15 is 0 Å². The van der Waals surface area contributed by atoms with Gasteiger partial charge in [-0.2, -0.15) is 0 Å². The molecule has 0 spiro atoms. The molecule has 0 saturated heterocycles. The molecule has 0 nitrogen and oxygen atoms in total. The Labute approximate surface area is 39.1 Å². The molecule has 0 bridgehead atoms. The number of allylic oxidation sites excluding steroid dienone is 1. The molecule has 0 unspecified atom stereocenters. The first-order chi connectivity index (χ1) is 2.27. The third-order valence-electron chi connectivity index (χ3n) is 0.577. The van der Waals surface area contributed by atoms with E-state index in [-0.39, 0.29) is 0 Å². The van der Waals surface area contributed by atoms with E-state index in [4.69, 9.17) is 0 Å². The third kappa shape index (κ3) is 4.17. The highest BCUT2D eigenvalue weighted by Gasteiger charge is 1.60. The lowest BCUT2D eigenvalue weighted by atomic mass is 10.7. The maximum atomic E-state index is 2.28. The normalized spacial score (nSPS) is 13.4. The first-order valence-corrected chi connectivity index (χ1v) is 4.02. The molecule has 0 amide bonds. The van der Waals surface area contributed by atoms with Crippen LogP contribution in [0.15, 0.2) is 10.9 Å². The molecule has 0 saturated carbocycles. The Kier molecular flexibility index (Phi) is 2.50. The smallest absolute Gasteiger partial charge is 0.0319 e. The first kappa shape index (κ1) is 5.17. The molecular weight excluding hydrogens is 92.2 g/mol. The highest BCUT2D eigenvalue weighted by molar-refractivity contribution is 6.28. The van der Waals surface area contributed by atoms with Gasteiger partial charge in [-0.05, 0) is 6.92 Å². The van der Waals surface area contributed by atoms with Gasteiger partial charge in [0.05, 0.1) is 0 Å². The first-order valence-electron chi connectivity index (χ1n) is 1.87. The van der Waals surface area contributed by atoms with E-state index in [0.29, 0.717) is 0 Å². The van der Waals surface area contributed by atoms with E-state index in [0.717, 1.165) is 0 Å². The zero-order valence-electron chi connectivity index (χ0n) is 4.08. The van der Waals surface area contributed by atoms with Crippen LogP contribution in [0.2, 0.25) is 0 Å². The van der Waals surface area contributed by atoms with Gasteiger partial charge in [0, 0.05) is 20.5 Å². The quantitative estimate of drug-likeness (QED) is 0.329. The van der Waals surface area contributed by atoms with Gasteiger partial charge in [-0.1, -0.05) is 0 Å². The molecule has 0 fully saturated rings. The summed E-state index contributed by atoms with van der Waals surface area (Å²) in [5.41, 5.74) is 2.28. The molecule has 0 aromatic heterocycles. The zero-order valence-corrected chi connectivity index (χ0v) is 8.08. The fraction of sp³-hybridized carbons (Fsp3) is 0.333. The Hall–Kier alpha value is 0.174. The summed E-state index contributed by atoms with van der Waals surface area (Å²) in [6.45, 7) is 2.18. The van der Waals surface area contributed by atoms with Crippen molar-refractivity contribution in [3.63, 3.8) is 0 Å². The minimum atomic E-state index is 1.25. The molecule has 2 heteroatoms. The van der Waals surface area contributed by atoms with Crippen LogP contribution in [0.4, 0.5) is 0 Å². The monoisotopic (exact) mass is 102 g/mol. The van der Waals surface area contributed by atoms with E-state index in [2.05, 4.69) is 12.6 Å². The lowest BCUT2D eigenvalue weighted by molar-refractivity contribution is 1.70. The zero-order chi connectivity index (χ0) is 4.28. The van der Waals surface area contributed by atoms with E-state index in [1.54, 1.807) is 5.20 Å². The molecule has 5 heavy (non-hydrogen) atoms. The molecule has 0 aliphatic carbocycles. The van der Waals surface area contributed by atoms with E-state index in [9.17, 15) is 0 Å². The summed E-state index contributed by atoms with van der Waals surface area (Å²) in [7, 11) is 2.51. The van der Waals surface area contributed by atoms with E-state index in [1.165, 1.54) is 20.5 Å². The van der Waals surface area contributed by atoms with Crippen LogP contribution >= 0.6 is 0 Å². The second-order valence-corrected chi connectivity index (χ2v) is 3.52. The maximum absolute atomic E-state index is 2.28. The average Bonchev–Trinajstić information content (AvgIpc) is 1.38. The molecule has 0 rings (SSSR count). The van der Waals surface area contributed by atoms with Gasteiger partial charge in [-0.3, -0.25) is 0 Å². The van der Waals surface area contributed by atoms with Crippen LogP contribution in [-0.2, 0) is 0 Å². The van der Waals surface area contributed by atoms with Crippen LogP contribution < -0.4 is 0 Å². The summed E-state index contributed by atoms with van der Waals surface area (Å²) < 4.78 is 0. The lowest BCUT2D eigenvalue weighted by Crippen LogP contribution is -1.66. The predicted octanol–water partition coefficient (Wildman–Crippen LogP) is -1.42. The van der Waals surface area contributed by atoms with Crippen molar-refractivity contribution in [2.24, 2.45) is 0 Å². The Balaban J connectivity index is 3.14. The molecule has 0 radical (unpaired) electrons. The molecule has 0 N–H and O–H groups in total. The summed E-state index contributed by atoms with van der Waals surface area (Å²) >= 11 is 0. The molecule has 0 aliphatic rings. The van der Waals surface area contributed by atoms with Gasteiger partial charge in [0.15, 0.2) is 0 Å². The van der Waals surface area contributed by atoms with Crippen molar-refractivity contribution in [1.82, 2.24) is 0 Å². The molecule has 0 aromatic rings. The van der Waals surface area contributed by atoms with Crippen molar-refractivity contribution in [3.05, 3.63) is 10.9 Å². The largest absolute Gasteiger partial charge is 0.111 e. The van der Waals surface area contributed by atoms with Gasteiger partial charge in [0.2, 0.25) is 0 Å². The summed E-state index contributed by atoms with van der Waals surface area (Å²) in [4.78, 5) is 0.